The number of halogens is 2. The van der Waals surface area contributed by atoms with Crippen molar-refractivity contribution in [2.75, 3.05) is 26.5 Å². The molecular weight excluding hydrogens is 469 g/mol. The largest absolute Gasteiger partial charge is 0.495 e. The second kappa shape index (κ2) is 10.6. The lowest BCUT2D eigenvalue weighted by atomic mass is 10.2. The number of nitrogens with one attached hydrogen (secondary N) is 1. The quantitative estimate of drug-likeness (QED) is 0.427. The fraction of sp³-hybridized carbons (Fsp3) is 0.318. The van der Waals surface area contributed by atoms with Crippen LogP contribution in [0.3, 0.4) is 0 Å². The SMILES string of the molecule is COc1ccc(NC(=O)[C@@H](C)Sc2nnc([C@@H](C)N(C)C)n2-c2ccc(Cl)cc2)cc1Cl. The summed E-state index contributed by atoms with van der Waals surface area (Å²) in [5.41, 5.74) is 1.47. The Balaban J connectivity index is 1.85. The highest BCUT2D eigenvalue weighted by Crippen LogP contribution is 2.31. The van der Waals surface area contributed by atoms with Gasteiger partial charge in [-0.2, -0.15) is 0 Å². The Hall–Kier alpha value is -2.26. The molecule has 0 saturated carbocycles. The Kier molecular flexibility index (Phi) is 8.05. The van der Waals surface area contributed by atoms with Crippen molar-refractivity contribution in [3.63, 3.8) is 0 Å². The first-order chi connectivity index (χ1) is 15.2. The zero-order valence-corrected chi connectivity index (χ0v) is 20.8. The maximum absolute atomic E-state index is 12.8. The van der Waals surface area contributed by atoms with Gasteiger partial charge in [0.05, 0.1) is 23.4 Å². The first-order valence-corrected chi connectivity index (χ1v) is 11.5. The van der Waals surface area contributed by atoms with Gasteiger partial charge in [0, 0.05) is 16.4 Å². The Labute approximate surface area is 202 Å². The van der Waals surface area contributed by atoms with Crippen LogP contribution >= 0.6 is 35.0 Å². The first kappa shape index (κ1) is 24.4. The van der Waals surface area contributed by atoms with E-state index in [4.69, 9.17) is 27.9 Å². The molecule has 1 N–H and O–H groups in total. The Morgan fingerprint density at radius 1 is 1.12 bits per heavy atom. The highest BCUT2D eigenvalue weighted by atomic mass is 35.5. The summed E-state index contributed by atoms with van der Waals surface area (Å²) in [5, 5.41) is 12.9. The van der Waals surface area contributed by atoms with E-state index < -0.39 is 5.25 Å². The minimum atomic E-state index is -0.436. The zero-order chi connectivity index (χ0) is 23.4. The fourth-order valence-electron chi connectivity index (χ4n) is 2.89. The molecule has 2 aromatic carbocycles. The third-order valence-electron chi connectivity index (χ3n) is 4.96. The molecule has 3 rings (SSSR count). The molecule has 0 aliphatic rings. The van der Waals surface area contributed by atoms with E-state index in [1.807, 2.05) is 49.9 Å². The van der Waals surface area contributed by atoms with Gasteiger partial charge in [-0.3, -0.25) is 14.3 Å². The summed E-state index contributed by atoms with van der Waals surface area (Å²) in [6, 6.07) is 12.6. The van der Waals surface area contributed by atoms with E-state index >= 15 is 0 Å². The molecule has 2 atom stereocenters. The molecular formula is C22H25Cl2N5O2S. The summed E-state index contributed by atoms with van der Waals surface area (Å²) in [7, 11) is 5.50. The average Bonchev–Trinajstić information content (AvgIpc) is 3.17. The van der Waals surface area contributed by atoms with Gasteiger partial charge in [0.25, 0.3) is 0 Å². The van der Waals surface area contributed by atoms with Gasteiger partial charge < -0.3 is 10.1 Å². The number of nitrogens with zero attached hydrogens (tertiary/aromatic N) is 4. The summed E-state index contributed by atoms with van der Waals surface area (Å²) in [5.74, 6) is 1.14. The van der Waals surface area contributed by atoms with E-state index in [0.29, 0.717) is 26.6 Å². The van der Waals surface area contributed by atoms with Gasteiger partial charge >= 0.3 is 0 Å². The predicted molar refractivity (Wildman–Crippen MR) is 130 cm³/mol. The number of carbonyl (C=O) groups excluding carboxylic acids is 1. The lowest BCUT2D eigenvalue weighted by Gasteiger charge is -2.21. The minimum absolute atomic E-state index is 0.0121. The van der Waals surface area contributed by atoms with Gasteiger partial charge in [0.2, 0.25) is 5.91 Å². The lowest BCUT2D eigenvalue weighted by molar-refractivity contribution is -0.115. The van der Waals surface area contributed by atoms with Gasteiger partial charge in [0.15, 0.2) is 11.0 Å². The van der Waals surface area contributed by atoms with Gasteiger partial charge in [-0.05, 0) is 70.4 Å². The average molecular weight is 494 g/mol. The lowest BCUT2D eigenvalue weighted by Crippen LogP contribution is -2.23. The molecule has 7 nitrogen and oxygen atoms in total. The number of hydrogen-bond donors (Lipinski definition) is 1. The van der Waals surface area contributed by atoms with Crippen LogP contribution in [0.15, 0.2) is 47.6 Å². The van der Waals surface area contributed by atoms with Crippen LogP contribution in [0.4, 0.5) is 5.69 Å². The number of amides is 1. The number of hydrogen-bond acceptors (Lipinski definition) is 6. The second-order valence-electron chi connectivity index (χ2n) is 7.39. The van der Waals surface area contributed by atoms with Crippen molar-refractivity contribution in [2.24, 2.45) is 0 Å². The summed E-state index contributed by atoms with van der Waals surface area (Å²) in [6.07, 6.45) is 0. The molecule has 1 aromatic heterocycles. The zero-order valence-electron chi connectivity index (χ0n) is 18.5. The number of carbonyl (C=O) groups is 1. The van der Waals surface area contributed by atoms with E-state index in [-0.39, 0.29) is 11.9 Å². The van der Waals surface area contributed by atoms with Crippen molar-refractivity contribution in [1.29, 1.82) is 0 Å². The monoisotopic (exact) mass is 493 g/mol. The normalized spacial score (nSPS) is 13.1. The second-order valence-corrected chi connectivity index (χ2v) is 9.54. The van der Waals surface area contributed by atoms with Crippen molar-refractivity contribution < 1.29 is 9.53 Å². The first-order valence-electron chi connectivity index (χ1n) is 9.90. The predicted octanol–water partition coefficient (Wildman–Crippen LogP) is 5.32. The summed E-state index contributed by atoms with van der Waals surface area (Å²) >= 11 is 13.6. The van der Waals surface area contributed by atoms with Crippen LogP contribution in [0.1, 0.15) is 25.7 Å². The van der Waals surface area contributed by atoms with Crippen molar-refractivity contribution in [2.45, 2.75) is 30.3 Å². The number of rotatable bonds is 8. The Morgan fingerprint density at radius 3 is 2.41 bits per heavy atom. The summed E-state index contributed by atoms with van der Waals surface area (Å²) < 4.78 is 7.11. The number of anilines is 1. The van der Waals surface area contributed by atoms with Crippen LogP contribution < -0.4 is 10.1 Å². The van der Waals surface area contributed by atoms with Crippen LogP contribution in [0.5, 0.6) is 5.75 Å². The molecule has 32 heavy (non-hydrogen) atoms. The number of methoxy groups -OCH3 is 1. The minimum Gasteiger partial charge on any atom is -0.495 e. The fourth-order valence-corrected chi connectivity index (χ4v) is 4.15. The van der Waals surface area contributed by atoms with Crippen LogP contribution in [-0.4, -0.2) is 52.0 Å². The maximum atomic E-state index is 12.8. The standard InChI is InChI=1S/C22H25Cl2N5O2S/c1-13(28(3)4)20-26-27-22(29(20)17-9-6-15(23)7-10-17)32-14(2)21(30)25-16-8-11-19(31-5)18(24)12-16/h6-14H,1-5H3,(H,25,30)/t13-,14-/m1/s1. The topological polar surface area (TPSA) is 72.3 Å². The molecule has 0 aliphatic heterocycles. The molecule has 1 heterocycles. The van der Waals surface area contributed by atoms with Gasteiger partial charge in [-0.25, -0.2) is 0 Å². The van der Waals surface area contributed by atoms with E-state index in [1.165, 1.54) is 11.8 Å². The molecule has 0 aliphatic carbocycles. The van der Waals surface area contributed by atoms with Crippen LogP contribution in [0.2, 0.25) is 10.0 Å². The van der Waals surface area contributed by atoms with Crippen molar-refractivity contribution in [3.8, 4) is 11.4 Å². The molecule has 0 bridgehead atoms. The Bertz CT molecular complexity index is 1090. The molecule has 0 radical (unpaired) electrons. The molecule has 0 saturated heterocycles. The van der Waals surface area contributed by atoms with Crippen molar-refractivity contribution in [3.05, 3.63) is 58.3 Å². The maximum Gasteiger partial charge on any atom is 0.237 e. The number of ether oxygens (including phenoxy) is 1. The summed E-state index contributed by atoms with van der Waals surface area (Å²) in [6.45, 7) is 3.87. The van der Waals surface area contributed by atoms with Gasteiger partial charge in [-0.1, -0.05) is 35.0 Å². The Morgan fingerprint density at radius 2 is 1.81 bits per heavy atom. The highest BCUT2D eigenvalue weighted by Gasteiger charge is 2.24. The van der Waals surface area contributed by atoms with E-state index in [2.05, 4.69) is 27.3 Å². The molecule has 0 spiro atoms. The number of thioether (sulfide) groups is 1. The van der Waals surface area contributed by atoms with Crippen molar-refractivity contribution >= 4 is 46.6 Å². The van der Waals surface area contributed by atoms with Crippen LogP contribution in [0.25, 0.3) is 5.69 Å². The van der Waals surface area contributed by atoms with Gasteiger partial charge in [-0.15, -0.1) is 10.2 Å². The molecule has 10 heteroatoms. The molecule has 170 valence electrons. The van der Waals surface area contributed by atoms with Gasteiger partial charge in [0.1, 0.15) is 5.75 Å². The highest BCUT2D eigenvalue weighted by molar-refractivity contribution is 8.00. The third kappa shape index (κ3) is 5.56. The smallest absolute Gasteiger partial charge is 0.237 e. The van der Waals surface area contributed by atoms with E-state index in [1.54, 1.807) is 25.3 Å². The molecule has 1 amide bonds. The third-order valence-corrected chi connectivity index (χ3v) is 6.55. The van der Waals surface area contributed by atoms with E-state index in [9.17, 15) is 4.79 Å². The number of benzene rings is 2. The number of aromatic nitrogens is 3. The molecule has 0 fully saturated rings. The van der Waals surface area contributed by atoms with Crippen LogP contribution in [-0.2, 0) is 4.79 Å². The van der Waals surface area contributed by atoms with Crippen LogP contribution in [0, 0.1) is 0 Å². The molecule has 3 aromatic rings. The van der Waals surface area contributed by atoms with Crippen molar-refractivity contribution in [1.82, 2.24) is 19.7 Å². The van der Waals surface area contributed by atoms with E-state index in [0.717, 1.165) is 11.5 Å². The summed E-state index contributed by atoms with van der Waals surface area (Å²) in [4.78, 5) is 14.9. The molecule has 0 unspecified atom stereocenters.